The molecule has 0 unspecified atom stereocenters. The number of rotatable bonds is 6. The van der Waals surface area contributed by atoms with E-state index in [1.807, 2.05) is 0 Å². The molecule has 8 bridgehead atoms. The Morgan fingerprint density at radius 3 is 1.07 bits per heavy atom. The van der Waals surface area contributed by atoms with E-state index in [4.69, 9.17) is 14.2 Å². The van der Waals surface area contributed by atoms with Crippen LogP contribution < -0.4 is 14.2 Å². The monoisotopic (exact) mass is 796 g/mol. The highest BCUT2D eigenvalue weighted by molar-refractivity contribution is 6.01. The fourth-order valence-corrected chi connectivity index (χ4v) is 6.84. The molecular formula is C40H22F10N4O3. The summed E-state index contributed by atoms with van der Waals surface area (Å²) in [5, 5.41) is 0. The van der Waals surface area contributed by atoms with Crippen LogP contribution in [0.2, 0.25) is 0 Å². The number of benzene rings is 3. The highest BCUT2D eigenvalue weighted by Gasteiger charge is 2.31. The Morgan fingerprint density at radius 2 is 0.684 bits per heavy atom. The molecule has 1 aliphatic heterocycles. The van der Waals surface area contributed by atoms with Crippen molar-refractivity contribution in [3.05, 3.63) is 118 Å². The van der Waals surface area contributed by atoms with Gasteiger partial charge in [-0.1, -0.05) is 0 Å². The average molecular weight is 797 g/mol. The third-order valence-corrected chi connectivity index (χ3v) is 9.46. The number of aromatic nitrogens is 4. The van der Waals surface area contributed by atoms with Gasteiger partial charge in [-0.15, -0.1) is 0 Å². The number of methoxy groups -OCH3 is 3. The van der Waals surface area contributed by atoms with Gasteiger partial charge < -0.3 is 29.2 Å². The van der Waals surface area contributed by atoms with Crippen LogP contribution in [-0.2, 0) is 0 Å². The lowest BCUT2D eigenvalue weighted by molar-refractivity contribution is 0.377. The van der Waals surface area contributed by atoms with E-state index in [1.165, 1.54) is 82.0 Å². The standard InChI is InChI=1S/C40H22F10N4O3/c1-55-14-12-23(56-2)28(24(13-14)57-3)25-17-8-10-21(53-17)26(29-31(41)35(45)39(49)36(46)32(29)42)19-6-4-15(51-19)16-5-7-20(52-16)27(22-11-9-18(25)54-22)30-33(43)37(47)40(50)38(48)34(30)44/h4-13,51-53H,1-3H3. The van der Waals surface area contributed by atoms with Crippen molar-refractivity contribution in [3.8, 4) is 50.6 Å². The Labute approximate surface area is 313 Å². The molecule has 1 aliphatic rings. The molecule has 0 saturated carbocycles. The van der Waals surface area contributed by atoms with Crippen molar-refractivity contribution in [1.29, 1.82) is 0 Å². The molecule has 4 aromatic heterocycles. The third-order valence-electron chi connectivity index (χ3n) is 9.46. The van der Waals surface area contributed by atoms with Crippen LogP contribution in [0.25, 0.3) is 78.6 Å². The summed E-state index contributed by atoms with van der Waals surface area (Å²) in [6.07, 6.45) is 2.60. The maximum absolute atomic E-state index is 15.7. The minimum absolute atomic E-state index is 0.0393. The minimum Gasteiger partial charge on any atom is -0.496 e. The predicted molar refractivity (Wildman–Crippen MR) is 191 cm³/mol. The maximum atomic E-state index is 15.7. The molecule has 7 nitrogen and oxygen atoms in total. The topological polar surface area (TPSA) is 88.0 Å². The molecule has 0 radical (unpaired) electrons. The minimum atomic E-state index is -2.38. The summed E-state index contributed by atoms with van der Waals surface area (Å²) in [6, 6.07) is 10.8. The Balaban J connectivity index is 1.64. The van der Waals surface area contributed by atoms with Gasteiger partial charge in [0.25, 0.3) is 0 Å². The van der Waals surface area contributed by atoms with E-state index in [-0.39, 0.29) is 72.9 Å². The number of hydrogen-bond acceptors (Lipinski definition) is 4. The van der Waals surface area contributed by atoms with Crippen molar-refractivity contribution >= 4 is 45.3 Å². The molecule has 5 heterocycles. The molecule has 3 aromatic carbocycles. The Hall–Kier alpha value is -6.91. The molecule has 17 heteroatoms. The van der Waals surface area contributed by atoms with Crippen LogP contribution in [0.4, 0.5) is 43.9 Å². The highest BCUT2D eigenvalue weighted by atomic mass is 19.2. The van der Waals surface area contributed by atoms with Gasteiger partial charge in [0.15, 0.2) is 46.5 Å². The second-order valence-corrected chi connectivity index (χ2v) is 12.5. The van der Waals surface area contributed by atoms with E-state index in [0.717, 1.165) is 0 Å². The van der Waals surface area contributed by atoms with E-state index >= 15 is 17.6 Å². The van der Waals surface area contributed by atoms with Crippen molar-refractivity contribution in [2.75, 3.05) is 21.3 Å². The summed E-state index contributed by atoms with van der Waals surface area (Å²) in [5.74, 6) is -21.7. The van der Waals surface area contributed by atoms with Gasteiger partial charge in [0.1, 0.15) is 17.2 Å². The van der Waals surface area contributed by atoms with Gasteiger partial charge >= 0.3 is 0 Å². The maximum Gasteiger partial charge on any atom is 0.200 e. The van der Waals surface area contributed by atoms with Crippen molar-refractivity contribution in [3.63, 3.8) is 0 Å². The van der Waals surface area contributed by atoms with Gasteiger partial charge in [0.05, 0.1) is 60.4 Å². The third kappa shape index (κ3) is 5.63. The van der Waals surface area contributed by atoms with E-state index in [2.05, 4.69) is 19.9 Å². The van der Waals surface area contributed by atoms with Crippen LogP contribution in [0.5, 0.6) is 17.2 Å². The molecule has 0 atom stereocenters. The number of nitrogens with zero attached hydrogens (tertiary/aromatic N) is 1. The normalized spacial score (nSPS) is 11.9. The van der Waals surface area contributed by atoms with Gasteiger partial charge in [0.2, 0.25) is 11.6 Å². The number of hydrogen-bond donors (Lipinski definition) is 3. The van der Waals surface area contributed by atoms with Crippen LogP contribution in [0.15, 0.2) is 48.5 Å². The zero-order chi connectivity index (χ0) is 40.6. The van der Waals surface area contributed by atoms with E-state index in [9.17, 15) is 26.3 Å². The molecule has 290 valence electrons. The van der Waals surface area contributed by atoms with Crippen molar-refractivity contribution in [2.24, 2.45) is 0 Å². The number of H-pyrrole nitrogens is 3. The van der Waals surface area contributed by atoms with Gasteiger partial charge in [-0.3, -0.25) is 0 Å². The van der Waals surface area contributed by atoms with E-state index in [0.29, 0.717) is 0 Å². The first-order valence-corrected chi connectivity index (χ1v) is 16.5. The summed E-state index contributed by atoms with van der Waals surface area (Å²) in [6.45, 7) is 0. The molecule has 0 saturated heterocycles. The van der Waals surface area contributed by atoms with Crippen molar-refractivity contribution in [1.82, 2.24) is 19.9 Å². The van der Waals surface area contributed by atoms with Crippen LogP contribution in [0.3, 0.4) is 0 Å². The van der Waals surface area contributed by atoms with Gasteiger partial charge in [-0.2, -0.15) is 0 Å². The SMILES string of the molecule is COc1cc(OC)c(-c2c3nc(c(-c4c(F)c(F)c(F)c(F)c4F)c4ccc([nH]4)c4ccc([nH]4)c(-c4c(F)c(F)c(F)c(F)c4F)c4ccc2[nH]4)C=C3)c(OC)c1. The summed E-state index contributed by atoms with van der Waals surface area (Å²) in [4.78, 5) is 13.3. The number of ether oxygens (including phenoxy) is 3. The fourth-order valence-electron chi connectivity index (χ4n) is 6.84. The predicted octanol–water partition coefficient (Wildman–Crippen LogP) is 11.1. The van der Waals surface area contributed by atoms with Gasteiger partial charge in [-0.05, 0) is 48.6 Å². The van der Waals surface area contributed by atoms with Crippen LogP contribution in [0, 0.1) is 58.2 Å². The Bertz CT molecular complexity index is 2920. The molecule has 57 heavy (non-hydrogen) atoms. The molecule has 0 aliphatic carbocycles. The van der Waals surface area contributed by atoms with Gasteiger partial charge in [-0.25, -0.2) is 48.9 Å². The zero-order valence-electron chi connectivity index (χ0n) is 29.2. The first-order chi connectivity index (χ1) is 27.3. The first kappa shape index (κ1) is 37.0. The van der Waals surface area contributed by atoms with Crippen LogP contribution in [0.1, 0.15) is 11.4 Å². The summed E-state index contributed by atoms with van der Waals surface area (Å²) in [5.41, 5.74) is -4.09. The number of halogens is 10. The molecule has 8 rings (SSSR count). The lowest BCUT2D eigenvalue weighted by atomic mass is 10.0. The Kier molecular flexibility index (Phi) is 8.89. The van der Waals surface area contributed by atoms with Crippen LogP contribution in [-0.4, -0.2) is 41.3 Å². The number of fused-ring (bicyclic) bond motifs is 9. The van der Waals surface area contributed by atoms with Crippen LogP contribution >= 0.6 is 0 Å². The molecule has 7 aromatic rings. The smallest absolute Gasteiger partial charge is 0.200 e. The number of aromatic amines is 3. The lowest BCUT2D eigenvalue weighted by Crippen LogP contribution is -2.05. The number of nitrogens with one attached hydrogen (secondary N) is 3. The average Bonchev–Trinajstić information content (AvgIpc) is 4.06. The summed E-state index contributed by atoms with van der Waals surface area (Å²) >= 11 is 0. The highest BCUT2D eigenvalue weighted by Crippen LogP contribution is 2.46. The lowest BCUT2D eigenvalue weighted by Gasteiger charge is -2.16. The van der Waals surface area contributed by atoms with Crippen molar-refractivity contribution in [2.45, 2.75) is 0 Å². The first-order valence-electron chi connectivity index (χ1n) is 16.5. The van der Waals surface area contributed by atoms with Gasteiger partial charge in [0, 0.05) is 50.9 Å². The quantitative estimate of drug-likeness (QED) is 0.0888. The van der Waals surface area contributed by atoms with E-state index < -0.39 is 80.4 Å². The summed E-state index contributed by atoms with van der Waals surface area (Å²) in [7, 11) is 3.99. The second kappa shape index (κ2) is 13.7. The molecule has 0 amide bonds. The molecule has 0 fully saturated rings. The van der Waals surface area contributed by atoms with Crippen molar-refractivity contribution < 1.29 is 58.1 Å². The zero-order valence-corrected chi connectivity index (χ0v) is 29.2. The molecule has 0 spiro atoms. The fraction of sp³-hybridized carbons (Fsp3) is 0.0750. The molecular weight excluding hydrogens is 774 g/mol. The summed E-state index contributed by atoms with van der Waals surface area (Å²) < 4.78 is 167. The second-order valence-electron chi connectivity index (χ2n) is 12.5. The molecule has 3 N–H and O–H groups in total. The van der Waals surface area contributed by atoms with E-state index in [1.54, 1.807) is 0 Å². The largest absolute Gasteiger partial charge is 0.496 e. The Morgan fingerprint density at radius 1 is 0.368 bits per heavy atom.